The lowest BCUT2D eigenvalue weighted by molar-refractivity contribution is 0.0451. The summed E-state index contributed by atoms with van der Waals surface area (Å²) in [5.41, 5.74) is 1.02. The molecule has 0 aliphatic carbocycles. The molecule has 0 N–H and O–H groups in total. The van der Waals surface area contributed by atoms with E-state index >= 15 is 0 Å². The van der Waals surface area contributed by atoms with Gasteiger partial charge in [0.1, 0.15) is 0 Å². The summed E-state index contributed by atoms with van der Waals surface area (Å²) in [6.45, 7) is 6.16. The van der Waals surface area contributed by atoms with Gasteiger partial charge in [-0.2, -0.15) is 0 Å². The zero-order valence-electron chi connectivity index (χ0n) is 8.94. The number of esters is 1. The Balaban J connectivity index is 2.66. The monoisotopic (exact) mass is 197 g/mol. The van der Waals surface area contributed by atoms with Crippen molar-refractivity contribution < 1.29 is 9.53 Å². The molecule has 0 fully saturated rings. The van der Waals surface area contributed by atoms with Gasteiger partial charge in [0.05, 0.1) is 12.3 Å². The Labute approximate surface area is 83.1 Å². The Morgan fingerprint density at radius 1 is 1.57 bits per heavy atom. The molecule has 0 spiro atoms. The van der Waals surface area contributed by atoms with Crippen LogP contribution in [0.25, 0.3) is 0 Å². The predicted octanol–water partition coefficient (Wildman–Crippen LogP) is 0.936. The van der Waals surface area contributed by atoms with Crippen molar-refractivity contribution in [1.82, 2.24) is 15.0 Å². The minimum absolute atomic E-state index is 0.299. The summed E-state index contributed by atoms with van der Waals surface area (Å²) < 4.78 is 6.58. The van der Waals surface area contributed by atoms with Gasteiger partial charge in [0.2, 0.25) is 0 Å². The zero-order valence-corrected chi connectivity index (χ0v) is 8.94. The highest BCUT2D eigenvalue weighted by molar-refractivity contribution is 5.88. The second kappa shape index (κ2) is 4.21. The van der Waals surface area contributed by atoms with Gasteiger partial charge in [-0.15, -0.1) is 5.10 Å². The molecule has 1 heterocycles. The lowest BCUT2D eigenvalue weighted by Gasteiger charge is -2.05. The number of hydrogen-bond donors (Lipinski definition) is 0. The van der Waals surface area contributed by atoms with Gasteiger partial charge >= 0.3 is 5.97 Å². The lowest BCUT2D eigenvalue weighted by Crippen LogP contribution is -2.12. The SMILES string of the molecule is Cc1c(C(=O)OCC(C)C)nnn1C. The van der Waals surface area contributed by atoms with Crippen molar-refractivity contribution in [2.45, 2.75) is 20.8 Å². The number of rotatable bonds is 3. The topological polar surface area (TPSA) is 57.0 Å². The third-order valence-electron chi connectivity index (χ3n) is 1.85. The van der Waals surface area contributed by atoms with Gasteiger partial charge in [-0.05, 0) is 12.8 Å². The maximum absolute atomic E-state index is 11.4. The van der Waals surface area contributed by atoms with Crippen LogP contribution in [-0.4, -0.2) is 27.6 Å². The minimum atomic E-state index is -0.399. The van der Waals surface area contributed by atoms with E-state index in [1.54, 1.807) is 18.7 Å². The Kier molecular flexibility index (Phi) is 3.22. The fourth-order valence-electron chi connectivity index (χ4n) is 0.904. The molecule has 0 aliphatic heterocycles. The number of carbonyl (C=O) groups excluding carboxylic acids is 1. The van der Waals surface area contributed by atoms with Crippen LogP contribution < -0.4 is 0 Å². The van der Waals surface area contributed by atoms with Crippen LogP contribution in [-0.2, 0) is 11.8 Å². The molecule has 0 atom stereocenters. The van der Waals surface area contributed by atoms with Gasteiger partial charge in [-0.25, -0.2) is 4.79 Å². The molecule has 0 aromatic carbocycles. The van der Waals surface area contributed by atoms with Crippen LogP contribution in [0.1, 0.15) is 30.0 Å². The molecule has 78 valence electrons. The molecule has 0 saturated carbocycles. The Bertz CT molecular complexity index is 331. The van der Waals surface area contributed by atoms with Crippen molar-refractivity contribution in [3.05, 3.63) is 11.4 Å². The molecular weight excluding hydrogens is 182 g/mol. The number of aromatic nitrogens is 3. The summed E-state index contributed by atoms with van der Waals surface area (Å²) in [4.78, 5) is 11.4. The predicted molar refractivity (Wildman–Crippen MR) is 50.9 cm³/mol. The van der Waals surface area contributed by atoms with Crippen molar-refractivity contribution in [3.8, 4) is 0 Å². The molecular formula is C9H15N3O2. The van der Waals surface area contributed by atoms with Crippen molar-refractivity contribution >= 4 is 5.97 Å². The zero-order chi connectivity index (χ0) is 10.7. The van der Waals surface area contributed by atoms with Crippen LogP contribution in [0.5, 0.6) is 0 Å². The van der Waals surface area contributed by atoms with Crippen molar-refractivity contribution in [2.24, 2.45) is 13.0 Å². The number of hydrogen-bond acceptors (Lipinski definition) is 4. The summed E-state index contributed by atoms with van der Waals surface area (Å²) in [6, 6.07) is 0. The molecule has 0 amide bonds. The highest BCUT2D eigenvalue weighted by Gasteiger charge is 2.16. The van der Waals surface area contributed by atoms with E-state index in [2.05, 4.69) is 10.3 Å². The van der Waals surface area contributed by atoms with E-state index in [9.17, 15) is 4.79 Å². The standard InChI is InChI=1S/C9H15N3O2/c1-6(2)5-14-9(13)8-7(3)12(4)11-10-8/h6H,5H2,1-4H3. The van der Waals surface area contributed by atoms with E-state index in [1.807, 2.05) is 13.8 Å². The third-order valence-corrected chi connectivity index (χ3v) is 1.85. The summed E-state index contributed by atoms with van der Waals surface area (Å²) in [6.07, 6.45) is 0. The average molecular weight is 197 g/mol. The summed E-state index contributed by atoms with van der Waals surface area (Å²) >= 11 is 0. The molecule has 1 rings (SSSR count). The van der Waals surface area contributed by atoms with E-state index in [0.29, 0.717) is 18.2 Å². The molecule has 14 heavy (non-hydrogen) atoms. The largest absolute Gasteiger partial charge is 0.461 e. The first-order valence-corrected chi connectivity index (χ1v) is 4.55. The van der Waals surface area contributed by atoms with Crippen molar-refractivity contribution in [2.75, 3.05) is 6.61 Å². The Hall–Kier alpha value is -1.39. The Morgan fingerprint density at radius 2 is 2.21 bits per heavy atom. The number of carbonyl (C=O) groups is 1. The molecule has 0 saturated heterocycles. The summed E-state index contributed by atoms with van der Waals surface area (Å²) in [5, 5.41) is 7.46. The summed E-state index contributed by atoms with van der Waals surface area (Å²) in [7, 11) is 1.74. The molecule has 0 radical (unpaired) electrons. The van der Waals surface area contributed by atoms with Gasteiger partial charge in [-0.3, -0.25) is 4.68 Å². The van der Waals surface area contributed by atoms with Gasteiger partial charge in [-0.1, -0.05) is 19.1 Å². The van der Waals surface area contributed by atoms with Crippen LogP contribution in [0.2, 0.25) is 0 Å². The van der Waals surface area contributed by atoms with Crippen LogP contribution in [0.4, 0.5) is 0 Å². The van der Waals surface area contributed by atoms with Crippen LogP contribution in [0.15, 0.2) is 0 Å². The second-order valence-electron chi connectivity index (χ2n) is 3.64. The molecule has 5 heteroatoms. The first-order valence-electron chi connectivity index (χ1n) is 4.55. The first-order chi connectivity index (χ1) is 6.52. The van der Waals surface area contributed by atoms with E-state index in [0.717, 1.165) is 5.69 Å². The summed E-state index contributed by atoms with van der Waals surface area (Å²) in [5.74, 6) is -0.0692. The van der Waals surface area contributed by atoms with Gasteiger partial charge in [0.15, 0.2) is 5.69 Å². The van der Waals surface area contributed by atoms with Crippen LogP contribution >= 0.6 is 0 Å². The quantitative estimate of drug-likeness (QED) is 0.676. The fraction of sp³-hybridized carbons (Fsp3) is 0.667. The van der Waals surface area contributed by atoms with E-state index in [1.165, 1.54) is 0 Å². The molecule has 0 bridgehead atoms. The normalized spacial score (nSPS) is 10.6. The Morgan fingerprint density at radius 3 is 2.64 bits per heavy atom. The first kappa shape index (κ1) is 10.7. The highest BCUT2D eigenvalue weighted by Crippen LogP contribution is 2.05. The number of aryl methyl sites for hydroxylation is 1. The smallest absolute Gasteiger partial charge is 0.360 e. The van der Waals surface area contributed by atoms with Crippen LogP contribution in [0, 0.1) is 12.8 Å². The maximum Gasteiger partial charge on any atom is 0.360 e. The average Bonchev–Trinajstić information content (AvgIpc) is 2.44. The van der Waals surface area contributed by atoms with E-state index in [-0.39, 0.29) is 0 Å². The van der Waals surface area contributed by atoms with E-state index in [4.69, 9.17) is 4.74 Å². The number of ether oxygens (including phenoxy) is 1. The van der Waals surface area contributed by atoms with Gasteiger partial charge in [0.25, 0.3) is 0 Å². The number of nitrogens with zero attached hydrogens (tertiary/aromatic N) is 3. The molecule has 5 nitrogen and oxygen atoms in total. The van der Waals surface area contributed by atoms with Gasteiger partial charge in [0, 0.05) is 7.05 Å². The van der Waals surface area contributed by atoms with Crippen LogP contribution in [0.3, 0.4) is 0 Å². The maximum atomic E-state index is 11.4. The molecule has 0 aliphatic rings. The van der Waals surface area contributed by atoms with Gasteiger partial charge < -0.3 is 4.74 Å². The van der Waals surface area contributed by atoms with E-state index < -0.39 is 5.97 Å². The highest BCUT2D eigenvalue weighted by atomic mass is 16.5. The third kappa shape index (κ3) is 2.31. The molecule has 1 aromatic heterocycles. The molecule has 0 unspecified atom stereocenters. The van der Waals surface area contributed by atoms with Crippen molar-refractivity contribution in [1.29, 1.82) is 0 Å². The van der Waals surface area contributed by atoms with Crippen molar-refractivity contribution in [3.63, 3.8) is 0 Å². The lowest BCUT2D eigenvalue weighted by atomic mass is 10.2. The fourth-order valence-corrected chi connectivity index (χ4v) is 0.904. The molecule has 1 aromatic rings. The minimum Gasteiger partial charge on any atom is -0.461 e. The second-order valence-corrected chi connectivity index (χ2v) is 3.64.